The zero-order valence-electron chi connectivity index (χ0n) is 17.6. The summed E-state index contributed by atoms with van der Waals surface area (Å²) in [4.78, 5) is 21.9. The number of fused-ring (bicyclic) bond motifs is 1. The Hall–Kier alpha value is -3.14. The number of halogens is 1. The molecule has 2 atom stereocenters. The highest BCUT2D eigenvalue weighted by atomic mass is 79.9. The van der Waals surface area contributed by atoms with Gasteiger partial charge < -0.3 is 9.87 Å². The summed E-state index contributed by atoms with van der Waals surface area (Å²) >= 11 is 0.684. The average molecular weight is 524 g/mol. The Morgan fingerprint density at radius 3 is 2.55 bits per heavy atom. The first-order valence-corrected chi connectivity index (χ1v) is 12.3. The van der Waals surface area contributed by atoms with Crippen molar-refractivity contribution < 1.29 is 13.6 Å². The number of amides is 1. The van der Waals surface area contributed by atoms with Gasteiger partial charge in [-0.2, -0.15) is 0 Å². The van der Waals surface area contributed by atoms with Gasteiger partial charge in [-0.3, -0.25) is 23.3 Å². The molecule has 4 aromatic rings. The van der Waals surface area contributed by atoms with Crippen molar-refractivity contribution >= 4 is 55.5 Å². The minimum absolute atomic E-state index is 0.229. The molecule has 0 saturated carbocycles. The van der Waals surface area contributed by atoms with E-state index in [4.69, 9.17) is 0 Å². The van der Waals surface area contributed by atoms with Crippen LogP contribution in [0.2, 0.25) is 0 Å². The van der Waals surface area contributed by atoms with Gasteiger partial charge in [-0.1, -0.05) is 58.4 Å². The Kier molecular flexibility index (Phi) is 7.12. The first-order chi connectivity index (χ1) is 16.0. The smallest absolute Gasteiger partial charge is 0.253 e. The van der Waals surface area contributed by atoms with Crippen molar-refractivity contribution in [3.63, 3.8) is 0 Å². The van der Waals surface area contributed by atoms with Gasteiger partial charge in [0.1, 0.15) is 5.52 Å². The Labute approximate surface area is 202 Å². The van der Waals surface area contributed by atoms with E-state index in [0.29, 0.717) is 22.1 Å². The quantitative estimate of drug-likeness (QED) is 0.273. The van der Waals surface area contributed by atoms with Crippen LogP contribution in [0.3, 0.4) is 0 Å². The standard InChI is InChI=1S/C24H21BrN4O3S/c1-16(18-6-3-2-4-7-18)28-24(30)19-11-10-17(15-25)14-22(19)29(33(31)32)21-9-5-8-20-23(21)27-13-12-26-20/h2-14,16H,15H2,1H3,(H,28,30)(H,31,32)/p-1. The predicted octanol–water partition coefficient (Wildman–Crippen LogP) is 4.95. The van der Waals surface area contributed by atoms with Crippen LogP contribution in [0, 0.1) is 0 Å². The number of benzene rings is 3. The molecule has 7 nitrogen and oxygen atoms in total. The fraction of sp³-hybridized carbons (Fsp3) is 0.125. The molecule has 0 aliphatic rings. The van der Waals surface area contributed by atoms with E-state index < -0.39 is 11.3 Å². The van der Waals surface area contributed by atoms with E-state index in [1.165, 1.54) is 6.20 Å². The molecule has 33 heavy (non-hydrogen) atoms. The number of carbonyl (C=O) groups is 1. The van der Waals surface area contributed by atoms with Crippen molar-refractivity contribution in [2.45, 2.75) is 18.3 Å². The van der Waals surface area contributed by atoms with Crippen molar-refractivity contribution in [2.24, 2.45) is 0 Å². The Balaban J connectivity index is 1.81. The number of nitrogens with zero attached hydrogens (tertiary/aromatic N) is 3. The van der Waals surface area contributed by atoms with E-state index in [2.05, 4.69) is 31.2 Å². The first-order valence-electron chi connectivity index (χ1n) is 10.1. The highest BCUT2D eigenvalue weighted by molar-refractivity contribution is 9.08. The van der Waals surface area contributed by atoms with E-state index in [0.717, 1.165) is 15.4 Å². The second kappa shape index (κ2) is 10.2. The molecule has 1 N–H and O–H groups in total. The summed E-state index contributed by atoms with van der Waals surface area (Å²) in [6, 6.07) is 19.5. The van der Waals surface area contributed by atoms with Crippen LogP contribution in [0.4, 0.5) is 11.4 Å². The monoisotopic (exact) mass is 523 g/mol. The molecule has 0 radical (unpaired) electrons. The second-order valence-corrected chi connectivity index (χ2v) is 8.66. The van der Waals surface area contributed by atoms with E-state index in [9.17, 15) is 13.6 Å². The van der Waals surface area contributed by atoms with E-state index in [-0.39, 0.29) is 23.2 Å². The maximum absolute atomic E-state index is 13.3. The Morgan fingerprint density at radius 2 is 1.82 bits per heavy atom. The van der Waals surface area contributed by atoms with Gasteiger partial charge >= 0.3 is 0 Å². The van der Waals surface area contributed by atoms with Crippen LogP contribution < -0.4 is 9.62 Å². The molecule has 0 aliphatic carbocycles. The number of alkyl halides is 1. The molecule has 0 saturated heterocycles. The van der Waals surface area contributed by atoms with Crippen LogP contribution in [-0.4, -0.2) is 24.6 Å². The molecule has 0 spiro atoms. The van der Waals surface area contributed by atoms with Gasteiger partial charge in [-0.15, -0.1) is 0 Å². The third-order valence-corrected chi connectivity index (χ3v) is 6.51. The number of hydrogen-bond donors (Lipinski definition) is 1. The van der Waals surface area contributed by atoms with Gasteiger partial charge in [-0.05, 0) is 42.3 Å². The summed E-state index contributed by atoms with van der Waals surface area (Å²) in [5, 5.41) is 3.46. The molecule has 0 bridgehead atoms. The van der Waals surface area contributed by atoms with Crippen molar-refractivity contribution in [2.75, 3.05) is 4.31 Å². The summed E-state index contributed by atoms with van der Waals surface area (Å²) < 4.78 is 26.1. The molecule has 1 amide bonds. The lowest BCUT2D eigenvalue weighted by Gasteiger charge is -2.29. The van der Waals surface area contributed by atoms with Crippen molar-refractivity contribution in [3.8, 4) is 0 Å². The lowest BCUT2D eigenvalue weighted by Crippen LogP contribution is -2.29. The van der Waals surface area contributed by atoms with Crippen LogP contribution in [0.15, 0.2) is 79.1 Å². The number of nitrogens with one attached hydrogen (secondary N) is 1. The third-order valence-electron chi connectivity index (χ3n) is 5.17. The first kappa shape index (κ1) is 23.0. The predicted molar refractivity (Wildman–Crippen MR) is 132 cm³/mol. The highest BCUT2D eigenvalue weighted by Crippen LogP contribution is 2.35. The van der Waals surface area contributed by atoms with Gasteiger partial charge in [0.05, 0.1) is 39.8 Å². The van der Waals surface area contributed by atoms with Gasteiger partial charge in [0.25, 0.3) is 5.91 Å². The highest BCUT2D eigenvalue weighted by Gasteiger charge is 2.23. The lowest BCUT2D eigenvalue weighted by molar-refractivity contribution is 0.0940. The Bertz CT molecular complexity index is 1310. The van der Waals surface area contributed by atoms with E-state index in [1.807, 2.05) is 37.3 Å². The molecule has 0 fully saturated rings. The molecule has 1 aromatic heterocycles. The molecule has 0 aliphatic heterocycles. The second-order valence-electron chi connectivity index (χ2n) is 7.30. The van der Waals surface area contributed by atoms with Gasteiger partial charge in [0, 0.05) is 17.7 Å². The molecule has 2 unspecified atom stereocenters. The van der Waals surface area contributed by atoms with Crippen LogP contribution in [0.5, 0.6) is 0 Å². The molecular weight excluding hydrogens is 504 g/mol. The summed E-state index contributed by atoms with van der Waals surface area (Å²) in [6.07, 6.45) is 3.04. The number of hydrogen-bond acceptors (Lipinski definition) is 5. The number of para-hydroxylation sites is 1. The van der Waals surface area contributed by atoms with Crippen LogP contribution in [0.1, 0.15) is 34.5 Å². The normalized spacial score (nSPS) is 12.8. The van der Waals surface area contributed by atoms with Gasteiger partial charge in [0.15, 0.2) is 0 Å². The molecule has 1 heterocycles. The zero-order valence-corrected chi connectivity index (χ0v) is 20.0. The summed E-state index contributed by atoms with van der Waals surface area (Å²) in [5.74, 6) is -0.385. The molecular formula is C24H20BrN4O3S-. The fourth-order valence-corrected chi connectivity index (χ4v) is 4.52. The summed E-state index contributed by atoms with van der Waals surface area (Å²) in [7, 11) is 0. The number of rotatable bonds is 7. The van der Waals surface area contributed by atoms with Crippen molar-refractivity contribution in [1.29, 1.82) is 0 Å². The summed E-state index contributed by atoms with van der Waals surface area (Å²) in [6.45, 7) is 1.88. The SMILES string of the molecule is CC(NC(=O)c1ccc(CBr)cc1N(c1cccc2nccnc12)S(=O)[O-])c1ccccc1. The zero-order chi connectivity index (χ0) is 23.4. The third kappa shape index (κ3) is 4.95. The Morgan fingerprint density at radius 1 is 1.06 bits per heavy atom. The van der Waals surface area contributed by atoms with Crippen LogP contribution >= 0.6 is 15.9 Å². The maximum Gasteiger partial charge on any atom is 0.253 e. The lowest BCUT2D eigenvalue weighted by atomic mass is 10.1. The number of carbonyl (C=O) groups excluding carboxylic acids is 1. The van der Waals surface area contributed by atoms with Crippen molar-refractivity contribution in [3.05, 3.63) is 95.8 Å². The molecule has 9 heteroatoms. The largest absolute Gasteiger partial charge is 0.755 e. The van der Waals surface area contributed by atoms with E-state index >= 15 is 0 Å². The van der Waals surface area contributed by atoms with Gasteiger partial charge in [-0.25, -0.2) is 0 Å². The topological polar surface area (TPSA) is 98.2 Å². The minimum Gasteiger partial charge on any atom is -0.755 e. The maximum atomic E-state index is 13.3. The molecule has 3 aromatic carbocycles. The van der Waals surface area contributed by atoms with Gasteiger partial charge in [0.2, 0.25) is 0 Å². The fourth-order valence-electron chi connectivity index (χ4n) is 3.55. The minimum atomic E-state index is -2.73. The van der Waals surface area contributed by atoms with Crippen molar-refractivity contribution in [1.82, 2.24) is 15.3 Å². The summed E-state index contributed by atoms with van der Waals surface area (Å²) in [5.41, 5.74) is 3.50. The van der Waals surface area contributed by atoms with Crippen LogP contribution in [0.25, 0.3) is 11.0 Å². The molecule has 4 rings (SSSR count). The number of aromatic nitrogens is 2. The van der Waals surface area contributed by atoms with E-state index in [1.54, 1.807) is 42.6 Å². The van der Waals surface area contributed by atoms with Crippen LogP contribution in [-0.2, 0) is 16.6 Å². The average Bonchev–Trinajstić information content (AvgIpc) is 2.84. The number of anilines is 2. The molecule has 168 valence electrons.